The zero-order chi connectivity index (χ0) is 24.6. The van der Waals surface area contributed by atoms with Gasteiger partial charge in [-0.2, -0.15) is 13.2 Å². The van der Waals surface area contributed by atoms with Crippen LogP contribution < -0.4 is 10.2 Å². The molecule has 1 aliphatic rings. The third-order valence-corrected chi connectivity index (χ3v) is 6.43. The lowest BCUT2D eigenvalue weighted by molar-refractivity contribution is -0.141. The molecule has 1 aromatic heterocycles. The van der Waals surface area contributed by atoms with Crippen molar-refractivity contribution < 1.29 is 31.0 Å². The predicted octanol–water partition coefficient (Wildman–Crippen LogP) is 5.32. The first-order valence-electron chi connectivity index (χ1n) is 10.0. The van der Waals surface area contributed by atoms with Gasteiger partial charge in [-0.15, -0.1) is 0 Å². The van der Waals surface area contributed by atoms with E-state index in [1.54, 1.807) is 0 Å². The summed E-state index contributed by atoms with van der Waals surface area (Å²) in [6.07, 6.45) is -4.51. The number of pyridine rings is 1. The first kappa shape index (κ1) is 24.9. The van der Waals surface area contributed by atoms with Gasteiger partial charge in [0.05, 0.1) is 15.3 Å². The van der Waals surface area contributed by atoms with E-state index in [1.165, 1.54) is 42.3 Å². The molecule has 1 aromatic carbocycles. The molecule has 33 heavy (non-hydrogen) atoms. The summed E-state index contributed by atoms with van der Waals surface area (Å²) < 4.78 is 87.6. The Labute approximate surface area is 188 Å². The molecule has 6 nitrogen and oxygen atoms in total. The first-order chi connectivity index (χ1) is 15.2. The van der Waals surface area contributed by atoms with E-state index in [9.17, 15) is 31.0 Å². The molecule has 1 aliphatic heterocycles. The lowest BCUT2D eigenvalue weighted by Crippen LogP contribution is -2.31. The fourth-order valence-electron chi connectivity index (χ4n) is 3.60. The predicted molar refractivity (Wildman–Crippen MR) is 114 cm³/mol. The number of aryl methyl sites for hydroxylation is 1. The Balaban J connectivity index is 2.04. The summed E-state index contributed by atoms with van der Waals surface area (Å²) in [5.74, 6) is -4.05. The fourth-order valence-corrected chi connectivity index (χ4v) is 4.29. The molecule has 0 bridgehead atoms. The molecule has 2 aromatic rings. The number of nitrogens with zero attached hydrogens (tertiary/aromatic N) is 2. The average molecular weight is 490 g/mol. The standard InChI is InChI=1S/C21H23F5N4O2S/c1-13-11-16(21(24,25)26)29-18(30-9-4-7-20(22,23)8-10-30)17(13)19(31)28-14-5-3-6-15(12-14)33(2,27)32/h3,5-6,11-12,27H,4,7-10H2,1-2H3,(H,28,31). The Morgan fingerprint density at radius 3 is 2.55 bits per heavy atom. The Kier molecular flexibility index (Phi) is 6.69. The van der Waals surface area contributed by atoms with Gasteiger partial charge < -0.3 is 10.2 Å². The van der Waals surface area contributed by atoms with Gasteiger partial charge in [-0.25, -0.2) is 22.8 Å². The van der Waals surface area contributed by atoms with E-state index >= 15 is 0 Å². The minimum atomic E-state index is -4.78. The molecule has 180 valence electrons. The van der Waals surface area contributed by atoms with Gasteiger partial charge in [0.2, 0.25) is 5.92 Å². The van der Waals surface area contributed by atoms with Gasteiger partial charge in [-0.1, -0.05) is 6.07 Å². The second kappa shape index (κ2) is 8.88. The molecule has 0 saturated carbocycles. The highest BCUT2D eigenvalue weighted by Gasteiger charge is 2.37. The van der Waals surface area contributed by atoms with Crippen molar-refractivity contribution >= 4 is 27.1 Å². The second-order valence-corrected chi connectivity index (χ2v) is 10.2. The molecular formula is C21H23F5N4O2S. The summed E-state index contributed by atoms with van der Waals surface area (Å²) >= 11 is 0. The molecule has 1 saturated heterocycles. The van der Waals surface area contributed by atoms with Crippen LogP contribution in [0.5, 0.6) is 0 Å². The van der Waals surface area contributed by atoms with Crippen molar-refractivity contribution in [3.63, 3.8) is 0 Å². The average Bonchev–Trinajstić information content (AvgIpc) is 2.86. The molecule has 2 heterocycles. The monoisotopic (exact) mass is 490 g/mol. The first-order valence-corrected chi connectivity index (χ1v) is 12.0. The van der Waals surface area contributed by atoms with Crippen molar-refractivity contribution in [1.82, 2.24) is 4.98 Å². The quantitative estimate of drug-likeness (QED) is 0.568. The Hall–Kier alpha value is -2.76. The normalized spacial score (nSPS) is 18.3. The number of carbonyl (C=O) groups excluding carboxylic acids is 1. The molecule has 2 N–H and O–H groups in total. The van der Waals surface area contributed by atoms with Crippen LogP contribution in [-0.2, 0) is 15.9 Å². The smallest absolute Gasteiger partial charge is 0.356 e. The van der Waals surface area contributed by atoms with Crippen LogP contribution in [0.15, 0.2) is 35.2 Å². The minimum Gasteiger partial charge on any atom is -0.356 e. The highest BCUT2D eigenvalue weighted by atomic mass is 32.2. The van der Waals surface area contributed by atoms with Gasteiger partial charge in [0.25, 0.3) is 5.91 Å². The highest BCUT2D eigenvalue weighted by Crippen LogP contribution is 2.35. The molecule has 0 radical (unpaired) electrons. The highest BCUT2D eigenvalue weighted by molar-refractivity contribution is 7.91. The molecule has 1 unspecified atom stereocenters. The van der Waals surface area contributed by atoms with E-state index in [-0.39, 0.29) is 47.0 Å². The minimum absolute atomic E-state index is 0.0169. The van der Waals surface area contributed by atoms with Crippen molar-refractivity contribution in [1.29, 1.82) is 4.78 Å². The van der Waals surface area contributed by atoms with Crippen LogP contribution in [-0.4, -0.2) is 40.4 Å². The third-order valence-electron chi connectivity index (χ3n) is 5.27. The number of halogens is 5. The number of aromatic nitrogens is 1. The summed E-state index contributed by atoms with van der Waals surface area (Å²) in [5.41, 5.74) is -1.21. The maximum atomic E-state index is 13.8. The number of nitrogens with one attached hydrogen (secondary N) is 2. The molecule has 3 rings (SSSR count). The van der Waals surface area contributed by atoms with Crippen LogP contribution in [0.25, 0.3) is 0 Å². The van der Waals surface area contributed by atoms with Gasteiger partial charge in [0.1, 0.15) is 11.5 Å². The third kappa shape index (κ3) is 5.98. The molecule has 0 spiro atoms. The van der Waals surface area contributed by atoms with Gasteiger partial charge in [0.15, 0.2) is 0 Å². The summed E-state index contributed by atoms with van der Waals surface area (Å²) in [6, 6.07) is 6.50. The van der Waals surface area contributed by atoms with E-state index in [0.29, 0.717) is 0 Å². The van der Waals surface area contributed by atoms with E-state index < -0.39 is 46.3 Å². The topological polar surface area (TPSA) is 86.2 Å². The van der Waals surface area contributed by atoms with Crippen LogP contribution in [0.3, 0.4) is 0 Å². The van der Waals surface area contributed by atoms with Crippen LogP contribution in [0.4, 0.5) is 33.5 Å². The maximum Gasteiger partial charge on any atom is 0.433 e. The molecule has 1 atom stereocenters. The number of alkyl halides is 5. The Bertz CT molecular complexity index is 1170. The maximum absolute atomic E-state index is 13.8. The van der Waals surface area contributed by atoms with Crippen molar-refractivity contribution in [3.8, 4) is 0 Å². The van der Waals surface area contributed by atoms with Crippen LogP contribution in [0, 0.1) is 11.7 Å². The summed E-state index contributed by atoms with van der Waals surface area (Å²) in [7, 11) is -3.06. The van der Waals surface area contributed by atoms with Gasteiger partial charge >= 0.3 is 6.18 Å². The summed E-state index contributed by atoms with van der Waals surface area (Å²) in [4.78, 5) is 18.2. The van der Waals surface area contributed by atoms with Gasteiger partial charge in [-0.3, -0.25) is 4.79 Å². The van der Waals surface area contributed by atoms with Crippen LogP contribution in [0.2, 0.25) is 0 Å². The van der Waals surface area contributed by atoms with Crippen molar-refractivity contribution in [2.75, 3.05) is 29.6 Å². The molecule has 12 heteroatoms. The lowest BCUT2D eigenvalue weighted by Gasteiger charge is -2.26. The number of anilines is 2. The van der Waals surface area contributed by atoms with Gasteiger partial charge in [0, 0.05) is 42.8 Å². The second-order valence-electron chi connectivity index (χ2n) is 8.04. The summed E-state index contributed by atoms with van der Waals surface area (Å²) in [6.45, 7) is 1.09. The van der Waals surface area contributed by atoms with Crippen molar-refractivity contribution in [2.24, 2.45) is 0 Å². The lowest BCUT2D eigenvalue weighted by atomic mass is 10.1. The number of amides is 1. The molecule has 0 aliphatic carbocycles. The Morgan fingerprint density at radius 1 is 1.21 bits per heavy atom. The molecule has 1 amide bonds. The molecule has 1 fully saturated rings. The van der Waals surface area contributed by atoms with E-state index in [0.717, 1.165) is 6.07 Å². The Morgan fingerprint density at radius 2 is 1.91 bits per heavy atom. The van der Waals surface area contributed by atoms with Crippen LogP contribution in [0.1, 0.15) is 40.9 Å². The summed E-state index contributed by atoms with van der Waals surface area (Å²) in [5, 5.41) is 2.54. The van der Waals surface area contributed by atoms with Crippen LogP contribution >= 0.6 is 0 Å². The number of rotatable bonds is 4. The SMILES string of the molecule is Cc1cc(C(F)(F)F)nc(N2CCCC(F)(F)CC2)c1C(=O)Nc1cccc(S(C)(=N)=O)c1. The van der Waals surface area contributed by atoms with Gasteiger partial charge in [-0.05, 0) is 43.2 Å². The number of hydrogen-bond acceptors (Lipinski definition) is 5. The van der Waals surface area contributed by atoms with E-state index in [2.05, 4.69) is 10.3 Å². The number of benzene rings is 1. The fraction of sp³-hybridized carbons (Fsp3) is 0.429. The van der Waals surface area contributed by atoms with E-state index in [4.69, 9.17) is 4.78 Å². The van der Waals surface area contributed by atoms with E-state index in [1.807, 2.05) is 0 Å². The number of carbonyl (C=O) groups is 1. The van der Waals surface area contributed by atoms with Crippen molar-refractivity contribution in [2.45, 2.75) is 43.2 Å². The zero-order valence-electron chi connectivity index (χ0n) is 17.9. The largest absolute Gasteiger partial charge is 0.433 e. The number of hydrogen-bond donors (Lipinski definition) is 2. The zero-order valence-corrected chi connectivity index (χ0v) is 18.7. The van der Waals surface area contributed by atoms with Crippen molar-refractivity contribution in [3.05, 3.63) is 47.2 Å². The molecular weight excluding hydrogens is 467 g/mol.